The van der Waals surface area contributed by atoms with Crippen molar-refractivity contribution in [3.63, 3.8) is 0 Å². The number of phenols is 1. The lowest BCUT2D eigenvalue weighted by atomic mass is 9.75. The number of hydrogen-bond acceptors (Lipinski definition) is 5. The molecule has 3 N–H and O–H groups in total. The van der Waals surface area contributed by atoms with E-state index >= 15 is 0 Å². The lowest BCUT2D eigenvalue weighted by molar-refractivity contribution is -0.945. The van der Waals surface area contributed by atoms with Crippen LogP contribution in [0.5, 0.6) is 11.5 Å². The molecule has 0 radical (unpaired) electrons. The van der Waals surface area contributed by atoms with E-state index in [0.717, 1.165) is 55.0 Å². The van der Waals surface area contributed by atoms with Gasteiger partial charge < -0.3 is 20.1 Å². The third-order valence-electron chi connectivity index (χ3n) is 7.12. The molecule has 8 nitrogen and oxygen atoms in total. The fraction of sp³-hybridized carbons (Fsp3) is 0.400. The summed E-state index contributed by atoms with van der Waals surface area (Å²) in [7, 11) is 1.65. The highest BCUT2D eigenvalue weighted by molar-refractivity contribution is 5.79. The molecule has 4 atom stereocenters. The summed E-state index contributed by atoms with van der Waals surface area (Å²) >= 11 is 0. The number of methoxy groups -OCH3 is 1. The lowest BCUT2D eigenvalue weighted by Crippen LogP contribution is -3.20. The summed E-state index contributed by atoms with van der Waals surface area (Å²) in [5.41, 5.74) is 2.60. The minimum absolute atomic E-state index is 0.0540. The van der Waals surface area contributed by atoms with Crippen LogP contribution in [0.2, 0.25) is 0 Å². The van der Waals surface area contributed by atoms with Crippen molar-refractivity contribution in [2.24, 2.45) is 11.8 Å². The summed E-state index contributed by atoms with van der Waals surface area (Å²) in [5, 5.41) is 21.5. The number of carbonyl (C=O) groups excluding carboxylic acids is 1. The van der Waals surface area contributed by atoms with Gasteiger partial charge in [0.05, 0.1) is 38.9 Å². The van der Waals surface area contributed by atoms with Gasteiger partial charge in [0.1, 0.15) is 23.2 Å². The predicted octanol–water partition coefficient (Wildman–Crippen LogP) is 1.27. The van der Waals surface area contributed by atoms with E-state index < -0.39 is 0 Å². The molecular weight excluding hydrogens is 418 g/mol. The van der Waals surface area contributed by atoms with Gasteiger partial charge in [-0.1, -0.05) is 35.5 Å². The molecule has 3 fully saturated rings. The number of nitrogens with zero attached hydrogens (tertiary/aromatic N) is 3. The molecule has 1 aromatic heterocycles. The van der Waals surface area contributed by atoms with Crippen molar-refractivity contribution in [1.29, 1.82) is 0 Å². The van der Waals surface area contributed by atoms with Crippen LogP contribution in [0.3, 0.4) is 0 Å². The topological polar surface area (TPSA) is 93.7 Å². The third-order valence-corrected chi connectivity index (χ3v) is 7.12. The lowest BCUT2D eigenvalue weighted by Gasteiger charge is -2.46. The number of piperidine rings is 3. The number of quaternary nitrogens is 1. The molecule has 2 aromatic carbocycles. The van der Waals surface area contributed by atoms with Crippen LogP contribution in [0.1, 0.15) is 18.4 Å². The van der Waals surface area contributed by atoms with Crippen molar-refractivity contribution >= 4 is 5.91 Å². The van der Waals surface area contributed by atoms with E-state index in [1.165, 1.54) is 4.90 Å². The van der Waals surface area contributed by atoms with Crippen molar-refractivity contribution in [2.75, 3.05) is 20.2 Å². The Balaban J connectivity index is 1.19. The van der Waals surface area contributed by atoms with Gasteiger partial charge in [-0.05, 0) is 24.1 Å². The van der Waals surface area contributed by atoms with E-state index in [1.54, 1.807) is 25.3 Å². The maximum absolute atomic E-state index is 13.0. The summed E-state index contributed by atoms with van der Waals surface area (Å²) in [6.07, 6.45) is 4.04. The van der Waals surface area contributed by atoms with Gasteiger partial charge in [0.25, 0.3) is 0 Å². The third kappa shape index (κ3) is 4.57. The van der Waals surface area contributed by atoms with Crippen LogP contribution in [-0.4, -0.2) is 52.2 Å². The average Bonchev–Trinajstić information content (AvgIpc) is 3.31. The first-order valence-corrected chi connectivity index (χ1v) is 11.5. The molecule has 3 aliphatic rings. The Morgan fingerprint density at radius 2 is 2.15 bits per heavy atom. The molecule has 172 valence electrons. The van der Waals surface area contributed by atoms with Gasteiger partial charge in [0, 0.05) is 30.5 Å². The van der Waals surface area contributed by atoms with Crippen molar-refractivity contribution < 1.29 is 19.5 Å². The second kappa shape index (κ2) is 9.23. The van der Waals surface area contributed by atoms with E-state index in [9.17, 15) is 9.90 Å². The highest BCUT2D eigenvalue weighted by atomic mass is 16.5. The molecule has 0 saturated carbocycles. The molecular formula is C25H30N5O3+. The number of rotatable bonds is 7. The summed E-state index contributed by atoms with van der Waals surface area (Å²) in [4.78, 5) is 14.5. The normalized spacial score (nSPS) is 23.9. The molecule has 33 heavy (non-hydrogen) atoms. The van der Waals surface area contributed by atoms with E-state index in [1.807, 2.05) is 41.2 Å². The Labute approximate surface area is 193 Å². The van der Waals surface area contributed by atoms with Crippen LogP contribution >= 0.6 is 0 Å². The quantitative estimate of drug-likeness (QED) is 0.506. The molecule has 6 rings (SSSR count). The minimum Gasteiger partial charge on any atom is -0.508 e. The second-order valence-corrected chi connectivity index (χ2v) is 9.11. The highest BCUT2D eigenvalue weighted by Gasteiger charge is 2.46. The van der Waals surface area contributed by atoms with Crippen LogP contribution < -0.4 is 15.0 Å². The maximum Gasteiger partial charge on any atom is 0.229 e. The van der Waals surface area contributed by atoms with Crippen molar-refractivity contribution in [3.05, 3.63) is 60.3 Å². The molecule has 3 aliphatic heterocycles. The van der Waals surface area contributed by atoms with Crippen molar-refractivity contribution in [1.82, 2.24) is 20.3 Å². The summed E-state index contributed by atoms with van der Waals surface area (Å²) in [5.74, 6) is 1.62. The summed E-state index contributed by atoms with van der Waals surface area (Å²) in [6.45, 7) is 3.23. The van der Waals surface area contributed by atoms with Gasteiger partial charge in [-0.2, -0.15) is 0 Å². The number of hydrogen-bond donors (Lipinski definition) is 3. The molecule has 8 heteroatoms. The van der Waals surface area contributed by atoms with Gasteiger partial charge in [-0.25, -0.2) is 4.68 Å². The largest absolute Gasteiger partial charge is 0.508 e. The highest BCUT2D eigenvalue weighted by Crippen LogP contribution is 2.28. The van der Waals surface area contributed by atoms with E-state index in [4.69, 9.17) is 4.74 Å². The maximum atomic E-state index is 13.0. The van der Waals surface area contributed by atoms with Gasteiger partial charge in [-0.15, -0.1) is 5.10 Å². The standard InChI is InChI=1S/C25H29N5O3/c1-33-24-8-3-2-5-19(24)13-26-25(32)22-15-29-10-9-17(22)11-20(29)14-30-16-23(27-28-30)18-6-4-7-21(31)12-18/h2-8,12,16-17,20,22,31H,9-11,13-15H2,1H3,(H,26,32)/p+1/t17-,20-,22+/m1/s1. The molecule has 0 spiro atoms. The molecule has 4 heterocycles. The van der Waals surface area contributed by atoms with Gasteiger partial charge in [0.15, 0.2) is 0 Å². The number of carbonyl (C=O) groups is 1. The van der Waals surface area contributed by atoms with Crippen LogP contribution in [0, 0.1) is 11.8 Å². The Kier molecular flexibility index (Phi) is 6.00. The molecule has 3 aromatic rings. The van der Waals surface area contributed by atoms with Gasteiger partial charge >= 0.3 is 0 Å². The summed E-state index contributed by atoms with van der Waals surface area (Å²) < 4.78 is 7.30. The van der Waals surface area contributed by atoms with Crippen LogP contribution in [0.15, 0.2) is 54.7 Å². The Morgan fingerprint density at radius 3 is 2.94 bits per heavy atom. The number of nitrogens with one attached hydrogen (secondary N) is 2. The number of aromatic hydroxyl groups is 1. The first kappa shape index (κ1) is 21.5. The predicted molar refractivity (Wildman–Crippen MR) is 123 cm³/mol. The average molecular weight is 449 g/mol. The van der Waals surface area contributed by atoms with Crippen molar-refractivity contribution in [3.8, 4) is 22.8 Å². The smallest absolute Gasteiger partial charge is 0.229 e. The van der Waals surface area contributed by atoms with E-state index in [2.05, 4.69) is 15.6 Å². The van der Waals surface area contributed by atoms with Crippen LogP contribution in [0.4, 0.5) is 0 Å². The number of benzene rings is 2. The summed E-state index contributed by atoms with van der Waals surface area (Å²) in [6, 6.07) is 15.3. The Hall–Kier alpha value is -3.39. The number of amides is 1. The SMILES string of the molecule is COc1ccccc1CNC(=O)[C@H]1C[NH+]2CC[C@@H]1C[C@@H]2Cn1cc(-c2cccc(O)c2)nn1. The monoisotopic (exact) mass is 448 g/mol. The van der Waals surface area contributed by atoms with Gasteiger partial charge in [0.2, 0.25) is 5.91 Å². The fourth-order valence-electron chi connectivity index (χ4n) is 5.39. The zero-order valence-electron chi connectivity index (χ0n) is 18.8. The van der Waals surface area contributed by atoms with E-state index in [0.29, 0.717) is 18.5 Å². The van der Waals surface area contributed by atoms with Crippen molar-refractivity contribution in [2.45, 2.75) is 32.0 Å². The number of phenolic OH excluding ortho intramolecular Hbond substituents is 1. The molecule has 0 aliphatic carbocycles. The number of para-hydroxylation sites is 1. The number of fused-ring (bicyclic) bond motifs is 3. The molecule has 1 unspecified atom stereocenters. The molecule has 2 bridgehead atoms. The molecule has 1 amide bonds. The van der Waals surface area contributed by atoms with Gasteiger partial charge in [-0.3, -0.25) is 4.79 Å². The molecule has 3 saturated heterocycles. The number of aromatic nitrogens is 3. The zero-order valence-corrected chi connectivity index (χ0v) is 18.8. The zero-order chi connectivity index (χ0) is 22.8. The van der Waals surface area contributed by atoms with Crippen LogP contribution in [-0.2, 0) is 17.9 Å². The first-order chi connectivity index (χ1) is 16.1. The van der Waals surface area contributed by atoms with Crippen LogP contribution in [0.25, 0.3) is 11.3 Å². The first-order valence-electron chi connectivity index (χ1n) is 11.5. The minimum atomic E-state index is 0.0540. The van der Waals surface area contributed by atoms with E-state index in [-0.39, 0.29) is 17.6 Å². The number of ether oxygens (including phenoxy) is 1. The Morgan fingerprint density at radius 1 is 1.27 bits per heavy atom. The fourth-order valence-corrected chi connectivity index (χ4v) is 5.39. The Bertz CT molecular complexity index is 1130. The second-order valence-electron chi connectivity index (χ2n) is 9.11.